The first-order valence-electron chi connectivity index (χ1n) is 7.46. The quantitative estimate of drug-likeness (QED) is 0.695. The standard InChI is InChI=1S/C17H20N2O4/c1-2-12-6-3-4-8-14(12)19-16(20)10-15(17(21)22)18-11-13-7-5-9-23-13/h3-9,15,18H,2,10-11H2,1H3,(H,19,20)(H,21,22)/t15-/m0/s1. The van der Waals surface area contributed by atoms with Crippen LogP contribution in [0.3, 0.4) is 0 Å². The molecule has 122 valence electrons. The van der Waals surface area contributed by atoms with Crippen LogP contribution in [-0.4, -0.2) is 23.0 Å². The number of amides is 1. The van der Waals surface area contributed by atoms with Crippen molar-refractivity contribution in [1.29, 1.82) is 0 Å². The van der Waals surface area contributed by atoms with Crippen LogP contribution >= 0.6 is 0 Å². The van der Waals surface area contributed by atoms with Gasteiger partial charge in [0.1, 0.15) is 11.8 Å². The third-order valence-corrected chi connectivity index (χ3v) is 3.46. The molecule has 0 radical (unpaired) electrons. The largest absolute Gasteiger partial charge is 0.480 e. The number of anilines is 1. The van der Waals surface area contributed by atoms with Crippen molar-refractivity contribution in [2.24, 2.45) is 0 Å². The number of aliphatic carboxylic acids is 1. The molecule has 1 amide bonds. The molecule has 1 aromatic heterocycles. The van der Waals surface area contributed by atoms with Crippen molar-refractivity contribution in [2.75, 3.05) is 5.32 Å². The van der Waals surface area contributed by atoms with Crippen LogP contribution in [0, 0.1) is 0 Å². The Balaban J connectivity index is 1.93. The Kier molecular flexibility index (Phi) is 5.94. The van der Waals surface area contributed by atoms with Gasteiger partial charge in [-0.25, -0.2) is 0 Å². The third kappa shape index (κ3) is 4.96. The monoisotopic (exact) mass is 316 g/mol. The van der Waals surface area contributed by atoms with Crippen molar-refractivity contribution in [1.82, 2.24) is 5.32 Å². The summed E-state index contributed by atoms with van der Waals surface area (Å²) in [6.07, 6.45) is 2.14. The van der Waals surface area contributed by atoms with E-state index in [-0.39, 0.29) is 18.9 Å². The van der Waals surface area contributed by atoms with Gasteiger partial charge in [0.05, 0.1) is 19.2 Å². The van der Waals surface area contributed by atoms with Crippen molar-refractivity contribution >= 4 is 17.6 Å². The first kappa shape index (κ1) is 16.8. The van der Waals surface area contributed by atoms with Crippen molar-refractivity contribution in [2.45, 2.75) is 32.4 Å². The Hall–Kier alpha value is -2.60. The third-order valence-electron chi connectivity index (χ3n) is 3.46. The predicted molar refractivity (Wildman–Crippen MR) is 86.0 cm³/mol. The summed E-state index contributed by atoms with van der Waals surface area (Å²) in [5.74, 6) is -0.797. The lowest BCUT2D eigenvalue weighted by molar-refractivity contribution is -0.141. The minimum atomic E-state index is -1.07. The topological polar surface area (TPSA) is 91.6 Å². The van der Waals surface area contributed by atoms with Gasteiger partial charge in [0.25, 0.3) is 0 Å². The zero-order valence-corrected chi connectivity index (χ0v) is 12.9. The van der Waals surface area contributed by atoms with E-state index in [9.17, 15) is 14.7 Å². The van der Waals surface area contributed by atoms with E-state index < -0.39 is 12.0 Å². The number of carbonyl (C=O) groups excluding carboxylic acids is 1. The smallest absolute Gasteiger partial charge is 0.321 e. The molecule has 1 atom stereocenters. The Bertz CT molecular complexity index is 652. The molecule has 1 aromatic carbocycles. The number of carboxylic acid groups (broad SMARTS) is 1. The molecule has 0 saturated carbocycles. The van der Waals surface area contributed by atoms with Gasteiger partial charge < -0.3 is 14.8 Å². The molecule has 3 N–H and O–H groups in total. The SMILES string of the molecule is CCc1ccccc1NC(=O)C[C@H](NCc1ccco1)C(=O)O. The van der Waals surface area contributed by atoms with Crippen LogP contribution in [0.5, 0.6) is 0 Å². The van der Waals surface area contributed by atoms with Gasteiger partial charge in [0.2, 0.25) is 5.91 Å². The lowest BCUT2D eigenvalue weighted by Gasteiger charge is -2.15. The van der Waals surface area contributed by atoms with Crippen LogP contribution in [-0.2, 0) is 22.6 Å². The van der Waals surface area contributed by atoms with E-state index in [2.05, 4.69) is 10.6 Å². The number of nitrogens with one attached hydrogen (secondary N) is 2. The molecule has 0 aliphatic heterocycles. The van der Waals surface area contributed by atoms with Crippen LogP contribution in [0.2, 0.25) is 0 Å². The number of para-hydroxylation sites is 1. The fourth-order valence-corrected chi connectivity index (χ4v) is 2.22. The number of rotatable bonds is 8. The average Bonchev–Trinajstić information content (AvgIpc) is 3.05. The molecular weight excluding hydrogens is 296 g/mol. The second kappa shape index (κ2) is 8.14. The second-order valence-electron chi connectivity index (χ2n) is 5.11. The lowest BCUT2D eigenvalue weighted by atomic mass is 10.1. The van der Waals surface area contributed by atoms with Crippen LogP contribution < -0.4 is 10.6 Å². The van der Waals surface area contributed by atoms with E-state index in [1.54, 1.807) is 12.1 Å². The Morgan fingerprint density at radius 1 is 1.22 bits per heavy atom. The summed E-state index contributed by atoms with van der Waals surface area (Å²) in [6.45, 7) is 2.25. The van der Waals surface area contributed by atoms with Crippen molar-refractivity contribution in [3.8, 4) is 0 Å². The van der Waals surface area contributed by atoms with Crippen molar-refractivity contribution < 1.29 is 19.1 Å². The molecule has 0 spiro atoms. The average molecular weight is 316 g/mol. The molecule has 0 fully saturated rings. The summed E-state index contributed by atoms with van der Waals surface area (Å²) < 4.78 is 5.14. The summed E-state index contributed by atoms with van der Waals surface area (Å²) in [4.78, 5) is 23.4. The maximum atomic E-state index is 12.1. The summed E-state index contributed by atoms with van der Waals surface area (Å²) in [7, 11) is 0. The van der Waals surface area contributed by atoms with Crippen LogP contribution in [0.25, 0.3) is 0 Å². The van der Waals surface area contributed by atoms with E-state index >= 15 is 0 Å². The van der Waals surface area contributed by atoms with E-state index in [4.69, 9.17) is 4.42 Å². The van der Waals surface area contributed by atoms with E-state index in [0.717, 1.165) is 17.7 Å². The molecule has 1 heterocycles. The summed E-state index contributed by atoms with van der Waals surface area (Å²) in [6, 6.07) is 9.96. The number of hydrogen-bond donors (Lipinski definition) is 3. The van der Waals surface area contributed by atoms with E-state index in [1.807, 2.05) is 31.2 Å². The normalized spacial score (nSPS) is 11.9. The molecule has 0 aliphatic carbocycles. The van der Waals surface area contributed by atoms with Crippen LogP contribution in [0.15, 0.2) is 47.1 Å². The Morgan fingerprint density at radius 3 is 2.65 bits per heavy atom. The summed E-state index contributed by atoms with van der Waals surface area (Å²) >= 11 is 0. The van der Waals surface area contributed by atoms with E-state index in [1.165, 1.54) is 6.26 Å². The number of hydrogen-bond acceptors (Lipinski definition) is 4. The first-order valence-corrected chi connectivity index (χ1v) is 7.46. The van der Waals surface area contributed by atoms with Crippen molar-refractivity contribution in [3.05, 3.63) is 54.0 Å². The zero-order valence-electron chi connectivity index (χ0n) is 12.9. The summed E-state index contributed by atoms with van der Waals surface area (Å²) in [5, 5.41) is 14.8. The van der Waals surface area contributed by atoms with Gasteiger partial charge in [-0.2, -0.15) is 0 Å². The molecule has 2 rings (SSSR count). The molecule has 6 nitrogen and oxygen atoms in total. The van der Waals surface area contributed by atoms with Gasteiger partial charge >= 0.3 is 5.97 Å². The van der Waals surface area contributed by atoms with Gasteiger partial charge in [-0.3, -0.25) is 14.9 Å². The molecule has 2 aromatic rings. The number of furan rings is 1. The molecule has 0 saturated heterocycles. The molecule has 23 heavy (non-hydrogen) atoms. The second-order valence-corrected chi connectivity index (χ2v) is 5.11. The number of carboxylic acids is 1. The molecular formula is C17H20N2O4. The number of benzene rings is 1. The highest BCUT2D eigenvalue weighted by atomic mass is 16.4. The minimum absolute atomic E-state index is 0.159. The number of aryl methyl sites for hydroxylation is 1. The minimum Gasteiger partial charge on any atom is -0.480 e. The highest BCUT2D eigenvalue weighted by Crippen LogP contribution is 2.16. The van der Waals surface area contributed by atoms with Gasteiger partial charge in [0.15, 0.2) is 0 Å². The van der Waals surface area contributed by atoms with Crippen molar-refractivity contribution in [3.63, 3.8) is 0 Å². The lowest BCUT2D eigenvalue weighted by Crippen LogP contribution is -2.39. The van der Waals surface area contributed by atoms with E-state index in [0.29, 0.717) is 5.76 Å². The maximum Gasteiger partial charge on any atom is 0.321 e. The molecule has 0 aliphatic rings. The zero-order chi connectivity index (χ0) is 16.7. The fourth-order valence-electron chi connectivity index (χ4n) is 2.22. The highest BCUT2D eigenvalue weighted by molar-refractivity contribution is 5.94. The Labute approximate surface area is 134 Å². The van der Waals surface area contributed by atoms with Crippen LogP contribution in [0.1, 0.15) is 24.7 Å². The van der Waals surface area contributed by atoms with Gasteiger partial charge in [-0.05, 0) is 30.2 Å². The molecule has 6 heteroatoms. The molecule has 0 unspecified atom stereocenters. The van der Waals surface area contributed by atoms with Gasteiger partial charge in [-0.1, -0.05) is 25.1 Å². The fraction of sp³-hybridized carbons (Fsp3) is 0.294. The predicted octanol–water partition coefficient (Wildman–Crippen LogP) is 2.41. The molecule has 0 bridgehead atoms. The maximum absolute atomic E-state index is 12.1. The highest BCUT2D eigenvalue weighted by Gasteiger charge is 2.21. The Morgan fingerprint density at radius 2 is 2.00 bits per heavy atom. The first-order chi connectivity index (χ1) is 11.1. The summed E-state index contributed by atoms with van der Waals surface area (Å²) in [5.41, 5.74) is 1.73. The van der Waals surface area contributed by atoms with Gasteiger partial charge in [0, 0.05) is 5.69 Å². The number of carbonyl (C=O) groups is 2. The van der Waals surface area contributed by atoms with Gasteiger partial charge in [-0.15, -0.1) is 0 Å². The van der Waals surface area contributed by atoms with Crippen LogP contribution in [0.4, 0.5) is 5.69 Å².